The Morgan fingerprint density at radius 1 is 1.21 bits per heavy atom. The predicted octanol–water partition coefficient (Wildman–Crippen LogP) is 4.49. The number of carbonyl (C=O) groups is 1. The summed E-state index contributed by atoms with van der Waals surface area (Å²) in [5, 5.41) is -0.413. The molecule has 4 rings (SSSR count). The van der Waals surface area contributed by atoms with Gasteiger partial charge in [0.2, 0.25) is 15.0 Å². The number of hydrogen-bond acceptors (Lipinski definition) is 7. The first-order valence-electron chi connectivity index (χ1n) is 11.9. The van der Waals surface area contributed by atoms with E-state index >= 15 is 0 Å². The summed E-state index contributed by atoms with van der Waals surface area (Å²) < 4.78 is 45.3. The lowest BCUT2D eigenvalue weighted by atomic mass is 9.96. The number of aromatic nitrogens is 3. The van der Waals surface area contributed by atoms with Gasteiger partial charge in [-0.1, -0.05) is 17.7 Å². The molecular formula is C26H28ClFN4O5S. The van der Waals surface area contributed by atoms with Gasteiger partial charge in [-0.25, -0.2) is 27.6 Å². The number of ether oxygens (including phenoxy) is 1. The van der Waals surface area contributed by atoms with Gasteiger partial charge in [-0.05, 0) is 63.4 Å². The third-order valence-corrected chi connectivity index (χ3v) is 7.25. The largest absolute Gasteiger partial charge is 0.444 e. The molecular weight excluding hydrogens is 535 g/mol. The van der Waals surface area contributed by atoms with Crippen LogP contribution in [-0.4, -0.2) is 58.4 Å². The molecule has 9 nitrogen and oxygen atoms in total. The number of pyridine rings is 1. The lowest BCUT2D eigenvalue weighted by Gasteiger charge is -2.34. The van der Waals surface area contributed by atoms with Crippen molar-refractivity contribution in [2.45, 2.75) is 56.5 Å². The summed E-state index contributed by atoms with van der Waals surface area (Å²) >= 11 is 5.92. The Labute approximate surface area is 225 Å². The first-order valence-corrected chi connectivity index (χ1v) is 14.2. The molecule has 38 heavy (non-hydrogen) atoms. The predicted molar refractivity (Wildman–Crippen MR) is 140 cm³/mol. The van der Waals surface area contributed by atoms with E-state index in [9.17, 15) is 22.4 Å². The molecule has 3 heterocycles. The van der Waals surface area contributed by atoms with Gasteiger partial charge in [0, 0.05) is 36.8 Å². The molecule has 0 aliphatic carbocycles. The van der Waals surface area contributed by atoms with E-state index in [-0.39, 0.29) is 15.9 Å². The van der Waals surface area contributed by atoms with Crippen LogP contribution >= 0.6 is 11.6 Å². The summed E-state index contributed by atoms with van der Waals surface area (Å²) in [5.74, 6) is -0.644. The van der Waals surface area contributed by atoms with Crippen molar-refractivity contribution in [3.05, 3.63) is 75.5 Å². The van der Waals surface area contributed by atoms with Gasteiger partial charge in [-0.2, -0.15) is 0 Å². The Hall–Kier alpha value is -3.31. The maximum atomic E-state index is 14.6. The third kappa shape index (κ3) is 6.05. The highest BCUT2D eigenvalue weighted by Gasteiger charge is 2.39. The molecule has 0 radical (unpaired) electrons. The van der Waals surface area contributed by atoms with Crippen molar-refractivity contribution in [3.8, 4) is 11.3 Å². The van der Waals surface area contributed by atoms with E-state index in [1.54, 1.807) is 37.8 Å². The fraction of sp³-hybridized carbons (Fsp3) is 0.385. The summed E-state index contributed by atoms with van der Waals surface area (Å²) in [7, 11) is -3.65. The molecule has 1 amide bonds. The molecule has 0 bridgehead atoms. The summed E-state index contributed by atoms with van der Waals surface area (Å²) in [6.45, 7) is 5.74. The standard InChI is InChI=1S/C26H28ClFN4O5S/c1-26(2,3)37-25(34)31-12-5-6-21(31)23(17-7-8-18(27)19(28)14-17)32-13-10-16(15-22(32)33)20-9-11-29-24(30-20)38(4,35)36/h7-11,13-15,21,23H,5-6,12H2,1-4H3/t21-,23?/m1/s1. The van der Waals surface area contributed by atoms with Crippen LogP contribution in [0.1, 0.15) is 45.2 Å². The number of likely N-dealkylation sites (tertiary alicyclic amines) is 1. The second kappa shape index (κ2) is 10.5. The molecule has 0 spiro atoms. The summed E-state index contributed by atoms with van der Waals surface area (Å²) in [6.07, 6.45) is 4.56. The minimum atomic E-state index is -3.65. The van der Waals surface area contributed by atoms with Crippen molar-refractivity contribution < 1.29 is 22.3 Å². The first-order chi connectivity index (χ1) is 17.7. The van der Waals surface area contributed by atoms with Gasteiger partial charge in [0.25, 0.3) is 5.56 Å². The highest BCUT2D eigenvalue weighted by atomic mass is 35.5. The van der Waals surface area contributed by atoms with Crippen LogP contribution in [0.2, 0.25) is 5.02 Å². The quantitative estimate of drug-likeness (QED) is 0.421. The smallest absolute Gasteiger partial charge is 0.410 e. The molecule has 0 saturated carbocycles. The van der Waals surface area contributed by atoms with Crippen LogP contribution in [0.25, 0.3) is 11.3 Å². The van der Waals surface area contributed by atoms with Gasteiger partial charge in [0.05, 0.1) is 22.8 Å². The van der Waals surface area contributed by atoms with Crippen molar-refractivity contribution in [1.82, 2.24) is 19.4 Å². The molecule has 1 unspecified atom stereocenters. The van der Waals surface area contributed by atoms with E-state index in [0.29, 0.717) is 30.5 Å². The maximum absolute atomic E-state index is 14.6. The van der Waals surface area contributed by atoms with E-state index in [1.165, 1.54) is 41.2 Å². The number of carbonyl (C=O) groups excluding carboxylic acids is 1. The van der Waals surface area contributed by atoms with Crippen molar-refractivity contribution >= 4 is 27.5 Å². The monoisotopic (exact) mass is 562 g/mol. The third-order valence-electron chi connectivity index (χ3n) is 6.09. The zero-order chi connectivity index (χ0) is 27.8. The summed E-state index contributed by atoms with van der Waals surface area (Å²) in [5.41, 5.74) is -0.0560. The Kier molecular flexibility index (Phi) is 7.62. The Balaban J connectivity index is 1.80. The molecule has 1 fully saturated rings. The van der Waals surface area contributed by atoms with Crippen molar-refractivity contribution in [3.63, 3.8) is 0 Å². The number of halogens is 2. The normalized spacial score (nSPS) is 16.9. The second-order valence-corrected chi connectivity index (χ2v) is 12.5. The molecule has 12 heteroatoms. The van der Waals surface area contributed by atoms with Gasteiger partial charge < -0.3 is 14.2 Å². The van der Waals surface area contributed by atoms with Crippen LogP contribution in [0.15, 0.2) is 58.7 Å². The Morgan fingerprint density at radius 2 is 1.95 bits per heavy atom. The van der Waals surface area contributed by atoms with Crippen LogP contribution in [-0.2, 0) is 14.6 Å². The van der Waals surface area contributed by atoms with E-state index in [1.807, 2.05) is 0 Å². The fourth-order valence-corrected chi connectivity index (χ4v) is 5.13. The zero-order valence-electron chi connectivity index (χ0n) is 21.4. The minimum absolute atomic E-state index is 0.0592. The number of sulfone groups is 1. The first kappa shape index (κ1) is 27.7. The molecule has 3 aromatic rings. The highest BCUT2D eigenvalue weighted by Crippen LogP contribution is 2.34. The van der Waals surface area contributed by atoms with Crippen molar-refractivity contribution in [2.75, 3.05) is 12.8 Å². The highest BCUT2D eigenvalue weighted by molar-refractivity contribution is 7.90. The van der Waals surface area contributed by atoms with Crippen LogP contribution in [0.4, 0.5) is 9.18 Å². The van der Waals surface area contributed by atoms with E-state index in [0.717, 1.165) is 6.26 Å². The van der Waals surface area contributed by atoms with Gasteiger partial charge >= 0.3 is 6.09 Å². The van der Waals surface area contributed by atoms with Crippen LogP contribution < -0.4 is 5.56 Å². The minimum Gasteiger partial charge on any atom is -0.444 e. The molecule has 0 N–H and O–H groups in total. The zero-order valence-corrected chi connectivity index (χ0v) is 23.0. The average molecular weight is 563 g/mol. The lowest BCUT2D eigenvalue weighted by molar-refractivity contribution is 0.0195. The Bertz CT molecular complexity index is 1540. The maximum Gasteiger partial charge on any atom is 0.410 e. The molecule has 2 aromatic heterocycles. The SMILES string of the molecule is CC(C)(C)OC(=O)N1CCC[C@@H]1C(c1ccc(Cl)c(F)c1)n1ccc(-c2ccnc(S(C)(=O)=O)n2)cc1=O. The topological polar surface area (TPSA) is 111 Å². The number of hydrogen-bond donors (Lipinski definition) is 0. The van der Waals surface area contributed by atoms with Crippen molar-refractivity contribution in [2.24, 2.45) is 0 Å². The van der Waals surface area contributed by atoms with E-state index < -0.39 is 45.0 Å². The van der Waals surface area contributed by atoms with Crippen LogP contribution in [0, 0.1) is 5.82 Å². The number of amides is 1. The second-order valence-electron chi connectivity index (χ2n) is 10.2. The molecule has 1 saturated heterocycles. The van der Waals surface area contributed by atoms with Crippen LogP contribution in [0.3, 0.4) is 0 Å². The summed E-state index contributed by atoms with van der Waals surface area (Å²) in [4.78, 5) is 36.0. The lowest BCUT2D eigenvalue weighted by Crippen LogP contribution is -2.45. The van der Waals surface area contributed by atoms with Gasteiger partial charge in [-0.15, -0.1) is 0 Å². The molecule has 1 aliphatic heterocycles. The van der Waals surface area contributed by atoms with Crippen molar-refractivity contribution in [1.29, 1.82) is 0 Å². The molecule has 2 atom stereocenters. The number of rotatable bonds is 5. The van der Waals surface area contributed by atoms with E-state index in [2.05, 4.69) is 9.97 Å². The molecule has 1 aromatic carbocycles. The number of benzene rings is 1. The van der Waals surface area contributed by atoms with Gasteiger partial charge in [0.1, 0.15) is 11.4 Å². The van der Waals surface area contributed by atoms with Gasteiger partial charge in [0.15, 0.2) is 0 Å². The summed E-state index contributed by atoms with van der Waals surface area (Å²) in [6, 6.07) is 7.51. The van der Waals surface area contributed by atoms with Crippen LogP contribution in [0.5, 0.6) is 0 Å². The molecule has 1 aliphatic rings. The van der Waals surface area contributed by atoms with E-state index in [4.69, 9.17) is 16.3 Å². The molecule has 202 valence electrons. The fourth-order valence-electron chi connectivity index (χ4n) is 4.49. The van der Waals surface area contributed by atoms with Gasteiger partial charge in [-0.3, -0.25) is 4.79 Å². The number of nitrogens with zero attached hydrogens (tertiary/aromatic N) is 4. The Morgan fingerprint density at radius 3 is 2.58 bits per heavy atom. The average Bonchev–Trinajstić information content (AvgIpc) is 3.31.